The van der Waals surface area contributed by atoms with Gasteiger partial charge in [0.05, 0.1) is 0 Å². The molecule has 0 saturated carbocycles. The van der Waals surface area contributed by atoms with E-state index in [4.69, 9.17) is 4.74 Å². The summed E-state index contributed by atoms with van der Waals surface area (Å²) in [7, 11) is 0. The molecule has 2 N–H and O–H groups in total. The predicted octanol–water partition coefficient (Wildman–Crippen LogP) is 5.19. The van der Waals surface area contributed by atoms with Crippen LogP contribution in [0.5, 0.6) is 0 Å². The molecular formula is C23H29N3O3. The van der Waals surface area contributed by atoms with E-state index in [1.165, 1.54) is 5.56 Å². The smallest absolute Gasteiger partial charge is 0.410 e. The number of hydrogen-bond donors (Lipinski definition) is 2. The van der Waals surface area contributed by atoms with Gasteiger partial charge in [-0.15, -0.1) is 0 Å². The lowest BCUT2D eigenvalue weighted by Gasteiger charge is -2.31. The largest absolute Gasteiger partial charge is 0.444 e. The minimum atomic E-state index is -0.505. The molecule has 0 aliphatic carbocycles. The van der Waals surface area contributed by atoms with Crippen LogP contribution in [-0.2, 0) is 24.1 Å². The standard InChI is InChI=1S/C23H29N3O3/c1-5-16-7-6-8-19(13-16)24-21(27)25-20-10-9-18-15-26(12-11-17(18)14-20)22(28)29-23(2,3)4/h6-10,13-14H,5,11-12,15H2,1-4H3,(H2,24,25,27). The molecule has 1 heterocycles. The van der Waals surface area contributed by atoms with Gasteiger partial charge in [0.1, 0.15) is 5.60 Å². The number of urea groups is 1. The lowest BCUT2D eigenvalue weighted by atomic mass is 9.99. The van der Waals surface area contributed by atoms with E-state index in [-0.39, 0.29) is 12.1 Å². The van der Waals surface area contributed by atoms with Crippen LogP contribution in [0.3, 0.4) is 0 Å². The Hall–Kier alpha value is -3.02. The molecule has 2 aromatic rings. The number of carbonyl (C=O) groups is 2. The number of carbonyl (C=O) groups excluding carboxylic acids is 2. The highest BCUT2D eigenvalue weighted by molar-refractivity contribution is 5.99. The third kappa shape index (κ3) is 5.73. The zero-order valence-corrected chi connectivity index (χ0v) is 17.5. The third-order valence-corrected chi connectivity index (χ3v) is 4.72. The number of rotatable bonds is 3. The van der Waals surface area contributed by atoms with Crippen LogP contribution in [0, 0.1) is 0 Å². The summed E-state index contributed by atoms with van der Waals surface area (Å²) in [4.78, 5) is 26.3. The van der Waals surface area contributed by atoms with Crippen molar-refractivity contribution >= 4 is 23.5 Å². The summed E-state index contributed by atoms with van der Waals surface area (Å²) in [5.41, 5.74) is 4.38. The Morgan fingerprint density at radius 2 is 1.76 bits per heavy atom. The Morgan fingerprint density at radius 3 is 2.45 bits per heavy atom. The molecule has 0 aromatic heterocycles. The fourth-order valence-corrected chi connectivity index (χ4v) is 3.28. The first-order valence-electron chi connectivity index (χ1n) is 10.00. The van der Waals surface area contributed by atoms with E-state index in [1.807, 2.05) is 63.2 Å². The van der Waals surface area contributed by atoms with Gasteiger partial charge in [0, 0.05) is 24.5 Å². The summed E-state index contributed by atoms with van der Waals surface area (Å²) in [6, 6.07) is 13.3. The van der Waals surface area contributed by atoms with E-state index < -0.39 is 5.60 Å². The van der Waals surface area contributed by atoms with E-state index in [0.717, 1.165) is 35.3 Å². The maximum atomic E-state index is 12.3. The van der Waals surface area contributed by atoms with Crippen molar-refractivity contribution in [3.63, 3.8) is 0 Å². The minimum absolute atomic E-state index is 0.274. The normalized spacial score (nSPS) is 13.4. The Bertz CT molecular complexity index is 902. The molecular weight excluding hydrogens is 366 g/mol. The van der Waals surface area contributed by atoms with Crippen molar-refractivity contribution in [1.29, 1.82) is 0 Å². The Balaban J connectivity index is 1.61. The molecule has 6 nitrogen and oxygen atoms in total. The molecule has 3 amide bonds. The number of fused-ring (bicyclic) bond motifs is 1. The summed E-state index contributed by atoms with van der Waals surface area (Å²) in [6.07, 6.45) is 1.35. The molecule has 0 radical (unpaired) electrons. The number of hydrogen-bond acceptors (Lipinski definition) is 3. The number of amides is 3. The van der Waals surface area contributed by atoms with Gasteiger partial charge in [-0.05, 0) is 74.6 Å². The second-order valence-corrected chi connectivity index (χ2v) is 8.27. The topological polar surface area (TPSA) is 70.7 Å². The zero-order chi connectivity index (χ0) is 21.0. The third-order valence-electron chi connectivity index (χ3n) is 4.72. The van der Waals surface area contributed by atoms with Crippen molar-refractivity contribution in [3.05, 3.63) is 59.2 Å². The lowest BCUT2D eigenvalue weighted by molar-refractivity contribution is 0.0224. The zero-order valence-electron chi connectivity index (χ0n) is 17.5. The molecule has 0 atom stereocenters. The van der Waals surface area contributed by atoms with E-state index in [9.17, 15) is 9.59 Å². The van der Waals surface area contributed by atoms with Crippen molar-refractivity contribution in [1.82, 2.24) is 4.90 Å². The number of ether oxygens (including phenoxy) is 1. The first kappa shape index (κ1) is 20.7. The summed E-state index contributed by atoms with van der Waals surface area (Å²) < 4.78 is 5.46. The van der Waals surface area contributed by atoms with Crippen LogP contribution >= 0.6 is 0 Å². The van der Waals surface area contributed by atoms with Crippen LogP contribution < -0.4 is 10.6 Å². The van der Waals surface area contributed by atoms with Crippen LogP contribution in [0.2, 0.25) is 0 Å². The van der Waals surface area contributed by atoms with E-state index in [0.29, 0.717) is 13.1 Å². The fourth-order valence-electron chi connectivity index (χ4n) is 3.28. The highest BCUT2D eigenvalue weighted by atomic mass is 16.6. The Morgan fingerprint density at radius 1 is 1.03 bits per heavy atom. The number of aryl methyl sites for hydroxylation is 1. The summed E-state index contributed by atoms with van der Waals surface area (Å²) in [5, 5.41) is 5.76. The van der Waals surface area contributed by atoms with E-state index in [2.05, 4.69) is 17.6 Å². The molecule has 29 heavy (non-hydrogen) atoms. The highest BCUT2D eigenvalue weighted by Gasteiger charge is 2.25. The van der Waals surface area contributed by atoms with Gasteiger partial charge >= 0.3 is 12.1 Å². The SMILES string of the molecule is CCc1cccc(NC(=O)Nc2ccc3c(c2)CCN(C(=O)OC(C)(C)C)C3)c1. The molecule has 1 aliphatic heterocycles. The molecule has 3 rings (SSSR count). The molecule has 0 fully saturated rings. The van der Waals surface area contributed by atoms with Crippen LogP contribution in [0.1, 0.15) is 44.4 Å². The van der Waals surface area contributed by atoms with Crippen LogP contribution in [0.4, 0.5) is 21.0 Å². The van der Waals surface area contributed by atoms with Gasteiger partial charge in [0.15, 0.2) is 0 Å². The molecule has 0 saturated heterocycles. The summed E-state index contributed by atoms with van der Waals surface area (Å²) in [5.74, 6) is 0. The van der Waals surface area contributed by atoms with Gasteiger partial charge in [-0.2, -0.15) is 0 Å². The van der Waals surface area contributed by atoms with Crippen LogP contribution in [-0.4, -0.2) is 29.2 Å². The van der Waals surface area contributed by atoms with Gasteiger partial charge in [-0.25, -0.2) is 9.59 Å². The number of anilines is 2. The number of nitrogens with one attached hydrogen (secondary N) is 2. The van der Waals surface area contributed by atoms with Crippen molar-refractivity contribution < 1.29 is 14.3 Å². The van der Waals surface area contributed by atoms with E-state index >= 15 is 0 Å². The lowest BCUT2D eigenvalue weighted by Crippen LogP contribution is -2.39. The first-order valence-corrected chi connectivity index (χ1v) is 10.00. The van der Waals surface area contributed by atoms with Crippen molar-refractivity contribution in [3.8, 4) is 0 Å². The molecule has 0 spiro atoms. The van der Waals surface area contributed by atoms with Crippen molar-refractivity contribution in [2.75, 3.05) is 17.2 Å². The van der Waals surface area contributed by atoms with Crippen molar-refractivity contribution in [2.45, 2.75) is 52.7 Å². The van der Waals surface area contributed by atoms with Gasteiger partial charge in [-0.1, -0.05) is 25.1 Å². The maximum absolute atomic E-state index is 12.3. The van der Waals surface area contributed by atoms with Gasteiger partial charge in [-0.3, -0.25) is 0 Å². The van der Waals surface area contributed by atoms with Crippen LogP contribution in [0.15, 0.2) is 42.5 Å². The molecule has 6 heteroatoms. The van der Waals surface area contributed by atoms with Crippen molar-refractivity contribution in [2.24, 2.45) is 0 Å². The Kier molecular flexibility index (Phi) is 6.11. The molecule has 2 aromatic carbocycles. The summed E-state index contributed by atoms with van der Waals surface area (Å²) in [6.45, 7) is 8.79. The Labute approximate surface area is 172 Å². The van der Waals surface area contributed by atoms with Crippen LogP contribution in [0.25, 0.3) is 0 Å². The quantitative estimate of drug-likeness (QED) is 0.752. The molecule has 0 unspecified atom stereocenters. The first-order chi connectivity index (χ1) is 13.7. The number of nitrogens with zero attached hydrogens (tertiary/aromatic N) is 1. The number of benzene rings is 2. The molecule has 1 aliphatic rings. The van der Waals surface area contributed by atoms with Gasteiger partial charge in [0.25, 0.3) is 0 Å². The second kappa shape index (κ2) is 8.55. The maximum Gasteiger partial charge on any atom is 0.410 e. The molecule has 154 valence electrons. The predicted molar refractivity (Wildman–Crippen MR) is 115 cm³/mol. The van der Waals surface area contributed by atoms with E-state index in [1.54, 1.807) is 4.90 Å². The second-order valence-electron chi connectivity index (χ2n) is 8.27. The highest BCUT2D eigenvalue weighted by Crippen LogP contribution is 2.24. The van der Waals surface area contributed by atoms with Gasteiger partial charge < -0.3 is 20.3 Å². The average Bonchev–Trinajstić information content (AvgIpc) is 2.66. The molecule has 0 bridgehead atoms. The fraction of sp³-hybridized carbons (Fsp3) is 0.391. The van der Waals surface area contributed by atoms with Gasteiger partial charge in [0.2, 0.25) is 0 Å². The minimum Gasteiger partial charge on any atom is -0.444 e. The average molecular weight is 396 g/mol. The summed E-state index contributed by atoms with van der Waals surface area (Å²) >= 11 is 0. The monoisotopic (exact) mass is 395 g/mol.